The molecule has 1 aromatic heterocycles. The predicted molar refractivity (Wildman–Crippen MR) is 114 cm³/mol. The van der Waals surface area contributed by atoms with E-state index in [0.717, 1.165) is 61.2 Å². The highest BCUT2D eigenvalue weighted by Gasteiger charge is 2.21. The predicted octanol–water partition coefficient (Wildman–Crippen LogP) is 4.02. The Hall–Kier alpha value is -2.79. The normalized spacial score (nSPS) is 15.0. The van der Waals surface area contributed by atoms with Crippen molar-refractivity contribution in [2.45, 2.75) is 20.4 Å². The molecule has 3 aromatic rings. The molecule has 0 spiro atoms. The molecule has 0 unspecified atom stereocenters. The molecule has 1 N–H and O–H groups in total. The highest BCUT2D eigenvalue weighted by atomic mass is 16.5. The number of ether oxygens (including phenoxy) is 1. The van der Waals surface area contributed by atoms with Crippen molar-refractivity contribution in [3.63, 3.8) is 0 Å². The molecule has 28 heavy (non-hydrogen) atoms. The van der Waals surface area contributed by atoms with Gasteiger partial charge in [-0.1, -0.05) is 42.0 Å². The number of aromatic amines is 1. The van der Waals surface area contributed by atoms with Gasteiger partial charge in [0.1, 0.15) is 11.6 Å². The summed E-state index contributed by atoms with van der Waals surface area (Å²) in [5, 5.41) is 0. The summed E-state index contributed by atoms with van der Waals surface area (Å²) in [6.45, 7) is 9.13. The van der Waals surface area contributed by atoms with E-state index in [0.29, 0.717) is 0 Å². The van der Waals surface area contributed by atoms with E-state index < -0.39 is 0 Å². The molecule has 4 rings (SSSR count). The van der Waals surface area contributed by atoms with Gasteiger partial charge >= 0.3 is 0 Å². The van der Waals surface area contributed by atoms with Crippen LogP contribution < -0.4 is 9.64 Å². The Bertz CT molecular complexity index is 924. The van der Waals surface area contributed by atoms with E-state index in [9.17, 15) is 0 Å². The first-order valence-electron chi connectivity index (χ1n) is 9.87. The third kappa shape index (κ3) is 3.90. The van der Waals surface area contributed by atoms with Crippen LogP contribution in [0, 0.1) is 13.8 Å². The van der Waals surface area contributed by atoms with Crippen molar-refractivity contribution in [1.29, 1.82) is 0 Å². The number of hydrogen-bond acceptors (Lipinski definition) is 4. The summed E-state index contributed by atoms with van der Waals surface area (Å²) in [5.41, 5.74) is 5.88. The Morgan fingerprint density at radius 1 is 0.964 bits per heavy atom. The highest BCUT2D eigenvalue weighted by Crippen LogP contribution is 2.28. The van der Waals surface area contributed by atoms with Gasteiger partial charge in [0.05, 0.1) is 18.5 Å². The van der Waals surface area contributed by atoms with E-state index >= 15 is 0 Å². The number of benzene rings is 2. The van der Waals surface area contributed by atoms with Gasteiger partial charge in [-0.05, 0) is 26.0 Å². The van der Waals surface area contributed by atoms with Crippen LogP contribution in [-0.2, 0) is 6.54 Å². The molecule has 5 nitrogen and oxygen atoms in total. The minimum atomic E-state index is 0.883. The molecule has 1 fully saturated rings. The summed E-state index contributed by atoms with van der Waals surface area (Å²) in [4.78, 5) is 13.2. The van der Waals surface area contributed by atoms with Crippen LogP contribution in [-0.4, -0.2) is 48.2 Å². The lowest BCUT2D eigenvalue weighted by Crippen LogP contribution is -2.46. The number of aryl methyl sites for hydroxylation is 2. The standard InChI is InChI=1S/C23H28N4O/c1-17-8-10-19(11-9-17)23-24-18(2)20(25-23)16-26-12-14-27(15-13-26)21-6-4-5-7-22(21)28-3/h4-11H,12-16H2,1-3H3,(H,24,25). The lowest BCUT2D eigenvalue weighted by Gasteiger charge is -2.36. The topological polar surface area (TPSA) is 44.4 Å². The van der Waals surface area contributed by atoms with E-state index in [-0.39, 0.29) is 0 Å². The van der Waals surface area contributed by atoms with E-state index in [1.54, 1.807) is 7.11 Å². The number of nitrogens with one attached hydrogen (secondary N) is 1. The third-order valence-electron chi connectivity index (χ3n) is 5.48. The zero-order valence-electron chi connectivity index (χ0n) is 16.9. The molecule has 5 heteroatoms. The van der Waals surface area contributed by atoms with Crippen molar-refractivity contribution >= 4 is 5.69 Å². The van der Waals surface area contributed by atoms with Crippen molar-refractivity contribution in [1.82, 2.24) is 14.9 Å². The van der Waals surface area contributed by atoms with Crippen LogP contribution >= 0.6 is 0 Å². The molecule has 0 atom stereocenters. The summed E-state index contributed by atoms with van der Waals surface area (Å²) < 4.78 is 5.52. The average Bonchev–Trinajstić information content (AvgIpc) is 3.09. The fourth-order valence-corrected chi connectivity index (χ4v) is 3.75. The largest absolute Gasteiger partial charge is 0.495 e. The van der Waals surface area contributed by atoms with Gasteiger partial charge in [0, 0.05) is 44.0 Å². The number of aromatic nitrogens is 2. The van der Waals surface area contributed by atoms with E-state index in [1.807, 2.05) is 12.1 Å². The van der Waals surface area contributed by atoms with Crippen molar-refractivity contribution in [3.05, 3.63) is 65.5 Å². The fourth-order valence-electron chi connectivity index (χ4n) is 3.75. The van der Waals surface area contributed by atoms with Crippen molar-refractivity contribution < 1.29 is 4.74 Å². The lowest BCUT2D eigenvalue weighted by atomic mass is 10.1. The van der Waals surface area contributed by atoms with Gasteiger partial charge in [-0.2, -0.15) is 0 Å². The van der Waals surface area contributed by atoms with Gasteiger partial charge in [-0.15, -0.1) is 0 Å². The minimum Gasteiger partial charge on any atom is -0.495 e. The molecular weight excluding hydrogens is 348 g/mol. The first kappa shape index (κ1) is 18.6. The first-order valence-corrected chi connectivity index (χ1v) is 9.87. The molecule has 0 amide bonds. The molecule has 0 bridgehead atoms. The maximum absolute atomic E-state index is 5.52. The SMILES string of the molecule is COc1ccccc1N1CCN(Cc2nc(-c3ccc(C)cc3)[nH]c2C)CC1. The Kier molecular flexibility index (Phi) is 5.35. The summed E-state index contributed by atoms with van der Waals surface area (Å²) in [7, 11) is 1.74. The molecule has 0 aliphatic carbocycles. The maximum Gasteiger partial charge on any atom is 0.142 e. The number of nitrogens with zero attached hydrogens (tertiary/aromatic N) is 3. The Morgan fingerprint density at radius 2 is 1.68 bits per heavy atom. The van der Waals surface area contributed by atoms with E-state index in [1.165, 1.54) is 11.3 Å². The van der Waals surface area contributed by atoms with Crippen LogP contribution in [0.4, 0.5) is 5.69 Å². The number of piperazine rings is 1. The second-order valence-electron chi connectivity index (χ2n) is 7.46. The molecule has 2 heterocycles. The van der Waals surface area contributed by atoms with E-state index in [4.69, 9.17) is 9.72 Å². The number of H-pyrrole nitrogens is 1. The first-order chi connectivity index (χ1) is 13.6. The summed E-state index contributed by atoms with van der Waals surface area (Å²) >= 11 is 0. The molecule has 146 valence electrons. The van der Waals surface area contributed by atoms with Gasteiger partial charge in [0.2, 0.25) is 0 Å². The summed E-state index contributed by atoms with van der Waals surface area (Å²) in [6, 6.07) is 16.8. The van der Waals surface area contributed by atoms with Crippen LogP contribution in [0.3, 0.4) is 0 Å². The molecule has 1 aliphatic rings. The van der Waals surface area contributed by atoms with Crippen LogP contribution in [0.25, 0.3) is 11.4 Å². The average molecular weight is 377 g/mol. The maximum atomic E-state index is 5.52. The lowest BCUT2D eigenvalue weighted by molar-refractivity contribution is 0.246. The molecule has 2 aromatic carbocycles. The second kappa shape index (κ2) is 8.07. The van der Waals surface area contributed by atoms with E-state index in [2.05, 4.69) is 65.0 Å². The van der Waals surface area contributed by atoms with Gasteiger partial charge in [-0.25, -0.2) is 4.98 Å². The zero-order valence-corrected chi connectivity index (χ0v) is 16.9. The molecular formula is C23H28N4O. The second-order valence-corrected chi connectivity index (χ2v) is 7.46. The Balaban J connectivity index is 1.40. The summed E-state index contributed by atoms with van der Waals surface area (Å²) in [6.07, 6.45) is 0. The molecule has 0 saturated carbocycles. The van der Waals surface area contributed by atoms with Crippen molar-refractivity contribution in [2.75, 3.05) is 38.2 Å². The minimum absolute atomic E-state index is 0.883. The van der Waals surface area contributed by atoms with Gasteiger partial charge in [-0.3, -0.25) is 4.90 Å². The van der Waals surface area contributed by atoms with Crippen molar-refractivity contribution in [2.24, 2.45) is 0 Å². The van der Waals surface area contributed by atoms with Gasteiger partial charge in [0.15, 0.2) is 0 Å². The number of methoxy groups -OCH3 is 1. The number of hydrogen-bond donors (Lipinski definition) is 1. The van der Waals surface area contributed by atoms with Crippen LogP contribution in [0.15, 0.2) is 48.5 Å². The molecule has 0 radical (unpaired) electrons. The number of anilines is 1. The Morgan fingerprint density at radius 3 is 2.39 bits per heavy atom. The molecule has 1 saturated heterocycles. The van der Waals surface area contributed by atoms with Crippen molar-refractivity contribution in [3.8, 4) is 17.1 Å². The Labute approximate surface area is 167 Å². The fraction of sp³-hybridized carbons (Fsp3) is 0.348. The number of imidazole rings is 1. The monoisotopic (exact) mass is 376 g/mol. The van der Waals surface area contributed by atoms with Crippen LogP contribution in [0.5, 0.6) is 5.75 Å². The highest BCUT2D eigenvalue weighted by molar-refractivity contribution is 5.59. The quantitative estimate of drug-likeness (QED) is 0.730. The number of rotatable bonds is 5. The van der Waals surface area contributed by atoms with Gasteiger partial charge < -0.3 is 14.6 Å². The number of para-hydroxylation sites is 2. The third-order valence-corrected chi connectivity index (χ3v) is 5.48. The smallest absolute Gasteiger partial charge is 0.142 e. The van der Waals surface area contributed by atoms with Crippen LogP contribution in [0.1, 0.15) is 17.0 Å². The molecule has 1 aliphatic heterocycles. The zero-order chi connectivity index (χ0) is 19.5. The van der Waals surface area contributed by atoms with Crippen LogP contribution in [0.2, 0.25) is 0 Å². The summed E-state index contributed by atoms with van der Waals surface area (Å²) in [5.74, 6) is 1.90. The van der Waals surface area contributed by atoms with Gasteiger partial charge in [0.25, 0.3) is 0 Å².